The van der Waals surface area contributed by atoms with Crippen LogP contribution in [0.25, 0.3) is 0 Å². The van der Waals surface area contributed by atoms with Crippen LogP contribution in [0.4, 0.5) is 9.52 Å². The number of halogens is 2. The van der Waals surface area contributed by atoms with Gasteiger partial charge in [0.1, 0.15) is 11.6 Å². The SMILES string of the molecule is Nc1nc(Cc2c(F)cccc2Cl)ns1. The monoisotopic (exact) mass is 243 g/mol. The summed E-state index contributed by atoms with van der Waals surface area (Å²) in [5.41, 5.74) is 5.83. The van der Waals surface area contributed by atoms with E-state index in [0.29, 0.717) is 21.5 Å². The lowest BCUT2D eigenvalue weighted by Gasteiger charge is -2.02. The first kappa shape index (κ1) is 10.3. The normalized spacial score (nSPS) is 10.5. The van der Waals surface area contributed by atoms with E-state index in [1.807, 2.05) is 0 Å². The summed E-state index contributed by atoms with van der Waals surface area (Å²) < 4.78 is 17.3. The quantitative estimate of drug-likeness (QED) is 0.882. The first-order chi connectivity index (χ1) is 7.16. The minimum Gasteiger partial charge on any atom is -0.374 e. The number of rotatable bonds is 2. The first-order valence-electron chi connectivity index (χ1n) is 4.18. The van der Waals surface area contributed by atoms with Gasteiger partial charge in [0.2, 0.25) is 0 Å². The van der Waals surface area contributed by atoms with Crippen LogP contribution in [0.5, 0.6) is 0 Å². The summed E-state index contributed by atoms with van der Waals surface area (Å²) >= 11 is 6.95. The second-order valence-corrected chi connectivity index (χ2v) is 4.12. The van der Waals surface area contributed by atoms with Crippen LogP contribution in [0.15, 0.2) is 18.2 Å². The highest BCUT2D eigenvalue weighted by Gasteiger charge is 2.10. The van der Waals surface area contributed by atoms with Gasteiger partial charge in [-0.05, 0) is 12.1 Å². The third-order valence-corrected chi connectivity index (χ3v) is 2.81. The lowest BCUT2D eigenvalue weighted by Crippen LogP contribution is -1.96. The molecule has 0 saturated heterocycles. The Morgan fingerprint density at radius 3 is 2.87 bits per heavy atom. The summed E-state index contributed by atoms with van der Waals surface area (Å²) in [5, 5.41) is 0.751. The molecule has 0 atom stereocenters. The third kappa shape index (κ3) is 2.24. The van der Waals surface area contributed by atoms with Crippen LogP contribution in [0.1, 0.15) is 11.4 Å². The molecule has 1 aromatic carbocycles. The average molecular weight is 244 g/mol. The van der Waals surface area contributed by atoms with E-state index in [1.54, 1.807) is 12.1 Å². The molecule has 0 aliphatic heterocycles. The summed E-state index contributed by atoms with van der Waals surface area (Å²) in [6, 6.07) is 4.55. The van der Waals surface area contributed by atoms with Crippen molar-refractivity contribution in [1.82, 2.24) is 9.36 Å². The summed E-state index contributed by atoms with van der Waals surface area (Å²) in [5.74, 6) is 0.139. The van der Waals surface area contributed by atoms with Crippen molar-refractivity contribution in [2.24, 2.45) is 0 Å². The summed E-state index contributed by atoms with van der Waals surface area (Å²) in [7, 11) is 0. The van der Waals surface area contributed by atoms with E-state index in [1.165, 1.54) is 6.07 Å². The molecule has 2 aromatic rings. The van der Waals surface area contributed by atoms with E-state index < -0.39 is 0 Å². The van der Waals surface area contributed by atoms with Crippen LogP contribution in [-0.4, -0.2) is 9.36 Å². The fourth-order valence-electron chi connectivity index (χ4n) is 1.20. The van der Waals surface area contributed by atoms with Gasteiger partial charge in [-0.1, -0.05) is 17.7 Å². The van der Waals surface area contributed by atoms with Gasteiger partial charge in [0.05, 0.1) is 0 Å². The summed E-state index contributed by atoms with van der Waals surface area (Å²) in [4.78, 5) is 3.95. The van der Waals surface area contributed by atoms with E-state index in [-0.39, 0.29) is 12.2 Å². The minimum absolute atomic E-state index is 0.263. The van der Waals surface area contributed by atoms with Gasteiger partial charge in [0, 0.05) is 28.5 Å². The highest BCUT2D eigenvalue weighted by atomic mass is 35.5. The minimum atomic E-state index is -0.351. The van der Waals surface area contributed by atoms with Crippen molar-refractivity contribution in [2.75, 3.05) is 5.73 Å². The molecule has 0 aliphatic carbocycles. The van der Waals surface area contributed by atoms with E-state index in [4.69, 9.17) is 17.3 Å². The molecule has 3 nitrogen and oxygen atoms in total. The van der Waals surface area contributed by atoms with Gasteiger partial charge in [-0.25, -0.2) is 9.37 Å². The Balaban J connectivity index is 2.31. The maximum atomic E-state index is 13.4. The van der Waals surface area contributed by atoms with E-state index in [2.05, 4.69) is 9.36 Å². The highest BCUT2D eigenvalue weighted by Crippen LogP contribution is 2.22. The fraction of sp³-hybridized carbons (Fsp3) is 0.111. The van der Waals surface area contributed by atoms with Crippen LogP contribution < -0.4 is 5.73 Å². The molecule has 0 fully saturated rings. The van der Waals surface area contributed by atoms with E-state index in [9.17, 15) is 4.39 Å². The van der Waals surface area contributed by atoms with Crippen LogP contribution in [0.2, 0.25) is 5.02 Å². The molecule has 0 bridgehead atoms. The molecule has 0 unspecified atom stereocenters. The van der Waals surface area contributed by atoms with E-state index in [0.717, 1.165) is 11.5 Å². The number of anilines is 1. The van der Waals surface area contributed by atoms with Crippen molar-refractivity contribution >= 4 is 28.3 Å². The van der Waals surface area contributed by atoms with E-state index >= 15 is 0 Å². The molecular formula is C9H7ClFN3S. The van der Waals surface area contributed by atoms with Gasteiger partial charge in [0.25, 0.3) is 0 Å². The Labute approximate surface area is 94.9 Å². The molecule has 0 amide bonds. The molecule has 2 rings (SSSR count). The second-order valence-electron chi connectivity index (χ2n) is 2.93. The zero-order chi connectivity index (χ0) is 10.8. The number of aromatic nitrogens is 2. The zero-order valence-electron chi connectivity index (χ0n) is 7.58. The molecule has 78 valence electrons. The Kier molecular flexibility index (Phi) is 2.83. The molecule has 1 heterocycles. The lowest BCUT2D eigenvalue weighted by molar-refractivity contribution is 0.612. The average Bonchev–Trinajstić information content (AvgIpc) is 2.58. The van der Waals surface area contributed by atoms with Crippen molar-refractivity contribution < 1.29 is 4.39 Å². The van der Waals surface area contributed by atoms with Gasteiger partial charge in [0.15, 0.2) is 5.13 Å². The summed E-state index contributed by atoms with van der Waals surface area (Å²) in [6.07, 6.45) is 0.263. The Morgan fingerprint density at radius 2 is 2.27 bits per heavy atom. The van der Waals surface area contributed by atoms with Crippen LogP contribution in [-0.2, 0) is 6.42 Å². The van der Waals surface area contributed by atoms with Gasteiger partial charge >= 0.3 is 0 Å². The highest BCUT2D eigenvalue weighted by molar-refractivity contribution is 7.09. The number of hydrogen-bond donors (Lipinski definition) is 1. The van der Waals surface area contributed by atoms with Crippen molar-refractivity contribution in [2.45, 2.75) is 6.42 Å². The molecule has 6 heteroatoms. The van der Waals surface area contributed by atoms with Gasteiger partial charge in [-0.3, -0.25) is 0 Å². The molecular weight excluding hydrogens is 237 g/mol. The molecule has 0 saturated carbocycles. The molecule has 1 aromatic heterocycles. The van der Waals surface area contributed by atoms with Gasteiger partial charge < -0.3 is 5.73 Å². The lowest BCUT2D eigenvalue weighted by atomic mass is 10.1. The first-order valence-corrected chi connectivity index (χ1v) is 5.33. The van der Waals surface area contributed by atoms with Gasteiger partial charge in [-0.2, -0.15) is 4.37 Å². The second kappa shape index (κ2) is 4.12. The van der Waals surface area contributed by atoms with Crippen molar-refractivity contribution in [3.63, 3.8) is 0 Å². The standard InChI is InChI=1S/C9H7ClFN3S/c10-6-2-1-3-7(11)5(6)4-8-13-9(12)15-14-8/h1-3H,4H2,(H2,12,13,14). The van der Waals surface area contributed by atoms with Crippen molar-refractivity contribution in [3.8, 4) is 0 Å². The van der Waals surface area contributed by atoms with Crippen LogP contribution in [0.3, 0.4) is 0 Å². The largest absolute Gasteiger partial charge is 0.374 e. The fourth-order valence-corrected chi connectivity index (χ4v) is 1.88. The molecule has 2 N–H and O–H groups in total. The Bertz CT molecular complexity index is 466. The number of nitrogen functional groups attached to an aromatic ring is 1. The number of benzene rings is 1. The molecule has 0 aliphatic rings. The summed E-state index contributed by atoms with van der Waals surface area (Å²) in [6.45, 7) is 0. The smallest absolute Gasteiger partial charge is 0.199 e. The zero-order valence-corrected chi connectivity index (χ0v) is 9.15. The molecule has 0 spiro atoms. The predicted molar refractivity (Wildman–Crippen MR) is 58.5 cm³/mol. The van der Waals surface area contributed by atoms with Crippen molar-refractivity contribution in [3.05, 3.63) is 40.4 Å². The Hall–Kier alpha value is -1.20. The number of hydrogen-bond acceptors (Lipinski definition) is 4. The Morgan fingerprint density at radius 1 is 1.47 bits per heavy atom. The topological polar surface area (TPSA) is 51.8 Å². The number of nitrogens with two attached hydrogens (primary N) is 1. The van der Waals surface area contributed by atoms with Crippen LogP contribution in [0, 0.1) is 5.82 Å². The van der Waals surface area contributed by atoms with Gasteiger partial charge in [-0.15, -0.1) is 0 Å². The van der Waals surface area contributed by atoms with Crippen LogP contribution >= 0.6 is 23.1 Å². The van der Waals surface area contributed by atoms with Crippen molar-refractivity contribution in [1.29, 1.82) is 0 Å². The number of nitrogens with zero attached hydrogens (tertiary/aromatic N) is 2. The predicted octanol–water partition coefficient (Wildman–Crippen LogP) is 2.50. The maximum Gasteiger partial charge on any atom is 0.199 e. The molecule has 15 heavy (non-hydrogen) atoms. The molecule has 0 radical (unpaired) electrons. The maximum absolute atomic E-state index is 13.4. The third-order valence-electron chi connectivity index (χ3n) is 1.88.